The lowest BCUT2D eigenvalue weighted by Gasteiger charge is -2.00. The van der Waals surface area contributed by atoms with E-state index in [1.54, 1.807) is 0 Å². The summed E-state index contributed by atoms with van der Waals surface area (Å²) in [6, 6.07) is 18.4. The van der Waals surface area contributed by atoms with Crippen molar-refractivity contribution in [1.82, 2.24) is 4.98 Å². The molecule has 3 rings (SSSR count). The average molecular weight is 258 g/mol. The molecule has 0 saturated carbocycles. The molecule has 20 heavy (non-hydrogen) atoms. The van der Waals surface area contributed by atoms with Gasteiger partial charge >= 0.3 is 0 Å². The Balaban J connectivity index is 2.09. The highest BCUT2D eigenvalue weighted by Crippen LogP contribution is 2.23. The van der Waals surface area contributed by atoms with Gasteiger partial charge < -0.3 is 4.98 Å². The number of aryl methyl sites for hydroxylation is 1. The van der Waals surface area contributed by atoms with Crippen molar-refractivity contribution in [2.45, 2.75) is 6.92 Å². The predicted octanol–water partition coefficient (Wildman–Crippen LogP) is 4.54. The first kappa shape index (κ1) is 12.3. The van der Waals surface area contributed by atoms with E-state index in [-0.39, 0.29) is 0 Å². The molecule has 2 nitrogen and oxygen atoms in total. The molecule has 0 unspecified atom stereocenters. The standard InChI is InChI=1S/C18H14N2/c1-13-6-8-14(9-7-13)15(11-19)10-16-12-20-18-5-3-2-4-17(16)18/h2-10,12,20H,1H3/b15-10+. The molecule has 96 valence electrons. The van der Waals surface area contributed by atoms with E-state index in [2.05, 4.69) is 17.1 Å². The summed E-state index contributed by atoms with van der Waals surface area (Å²) in [6.07, 6.45) is 3.87. The summed E-state index contributed by atoms with van der Waals surface area (Å²) in [5.41, 5.74) is 4.94. The predicted molar refractivity (Wildman–Crippen MR) is 83.0 cm³/mol. The summed E-state index contributed by atoms with van der Waals surface area (Å²) in [5.74, 6) is 0. The molecule has 0 fully saturated rings. The zero-order valence-electron chi connectivity index (χ0n) is 11.2. The Morgan fingerprint density at radius 2 is 1.85 bits per heavy atom. The van der Waals surface area contributed by atoms with Gasteiger partial charge in [0.05, 0.1) is 11.6 Å². The first-order valence-electron chi connectivity index (χ1n) is 6.53. The van der Waals surface area contributed by atoms with Gasteiger partial charge in [0.1, 0.15) is 0 Å². The van der Waals surface area contributed by atoms with E-state index in [1.807, 2.05) is 61.7 Å². The van der Waals surface area contributed by atoms with Crippen LogP contribution in [0.3, 0.4) is 0 Å². The molecule has 1 N–H and O–H groups in total. The number of aromatic amines is 1. The van der Waals surface area contributed by atoms with Crippen molar-refractivity contribution in [2.24, 2.45) is 0 Å². The van der Waals surface area contributed by atoms with Gasteiger partial charge in [-0.3, -0.25) is 0 Å². The fourth-order valence-electron chi connectivity index (χ4n) is 2.28. The topological polar surface area (TPSA) is 39.6 Å². The lowest BCUT2D eigenvalue weighted by atomic mass is 10.0. The Hall–Kier alpha value is -2.79. The fraction of sp³-hybridized carbons (Fsp3) is 0.0556. The maximum Gasteiger partial charge on any atom is 0.0998 e. The number of benzene rings is 2. The highest BCUT2D eigenvalue weighted by molar-refractivity contribution is 5.97. The van der Waals surface area contributed by atoms with E-state index >= 15 is 0 Å². The maximum atomic E-state index is 9.39. The van der Waals surface area contributed by atoms with Crippen molar-refractivity contribution in [3.63, 3.8) is 0 Å². The highest BCUT2D eigenvalue weighted by Gasteiger charge is 2.04. The summed E-state index contributed by atoms with van der Waals surface area (Å²) in [7, 11) is 0. The molecule has 0 amide bonds. The number of H-pyrrole nitrogens is 1. The molecule has 2 aromatic carbocycles. The molecule has 0 aliphatic carbocycles. The van der Waals surface area contributed by atoms with Gasteiger partial charge in [-0.1, -0.05) is 48.0 Å². The van der Waals surface area contributed by atoms with E-state index in [1.165, 1.54) is 5.56 Å². The minimum absolute atomic E-state index is 0.676. The molecule has 0 atom stereocenters. The largest absolute Gasteiger partial charge is 0.361 e. The molecule has 0 spiro atoms. The van der Waals surface area contributed by atoms with Crippen LogP contribution in [-0.4, -0.2) is 4.98 Å². The molecular weight excluding hydrogens is 244 g/mol. The monoisotopic (exact) mass is 258 g/mol. The SMILES string of the molecule is Cc1ccc(/C(C#N)=C/c2c[nH]c3ccccc23)cc1. The average Bonchev–Trinajstić information content (AvgIpc) is 2.89. The number of hydrogen-bond acceptors (Lipinski definition) is 1. The van der Waals surface area contributed by atoms with Gasteiger partial charge in [-0.2, -0.15) is 5.26 Å². The number of hydrogen-bond donors (Lipinski definition) is 1. The zero-order chi connectivity index (χ0) is 13.9. The number of nitrogens with one attached hydrogen (secondary N) is 1. The van der Waals surface area contributed by atoms with E-state index in [0.717, 1.165) is 22.0 Å². The number of allylic oxidation sites excluding steroid dienone is 1. The van der Waals surface area contributed by atoms with Gasteiger partial charge in [0.25, 0.3) is 0 Å². The summed E-state index contributed by atoms with van der Waals surface area (Å²) >= 11 is 0. The van der Waals surface area contributed by atoms with Crippen LogP contribution in [0.5, 0.6) is 0 Å². The molecular formula is C18H14N2. The van der Waals surface area contributed by atoms with Crippen LogP contribution in [0.1, 0.15) is 16.7 Å². The second-order valence-corrected chi connectivity index (χ2v) is 4.83. The summed E-state index contributed by atoms with van der Waals surface area (Å²) in [6.45, 7) is 2.04. The quantitative estimate of drug-likeness (QED) is 0.673. The number of aromatic nitrogens is 1. The Labute approximate surface area is 118 Å². The van der Waals surface area contributed by atoms with Crippen LogP contribution in [-0.2, 0) is 0 Å². The van der Waals surface area contributed by atoms with Crippen LogP contribution in [0.15, 0.2) is 54.7 Å². The lowest BCUT2D eigenvalue weighted by Crippen LogP contribution is -1.82. The van der Waals surface area contributed by atoms with E-state index in [4.69, 9.17) is 0 Å². The summed E-state index contributed by atoms with van der Waals surface area (Å²) < 4.78 is 0. The molecule has 0 aliphatic heterocycles. The van der Waals surface area contributed by atoms with Gasteiger partial charge in [0, 0.05) is 22.7 Å². The minimum atomic E-state index is 0.676. The van der Waals surface area contributed by atoms with Crippen molar-refractivity contribution in [2.75, 3.05) is 0 Å². The Kier molecular flexibility index (Phi) is 3.10. The van der Waals surface area contributed by atoms with Crippen molar-refractivity contribution in [3.05, 3.63) is 71.4 Å². The van der Waals surface area contributed by atoms with Gasteiger partial charge in [-0.15, -0.1) is 0 Å². The molecule has 0 bridgehead atoms. The van der Waals surface area contributed by atoms with E-state index < -0.39 is 0 Å². The normalized spacial score (nSPS) is 11.5. The van der Waals surface area contributed by atoms with Crippen LogP contribution < -0.4 is 0 Å². The number of para-hydroxylation sites is 1. The second kappa shape index (κ2) is 5.07. The zero-order valence-corrected chi connectivity index (χ0v) is 11.2. The second-order valence-electron chi connectivity index (χ2n) is 4.83. The van der Waals surface area contributed by atoms with E-state index in [0.29, 0.717) is 5.57 Å². The van der Waals surface area contributed by atoms with Crippen LogP contribution in [0.2, 0.25) is 0 Å². The smallest absolute Gasteiger partial charge is 0.0998 e. The number of nitrogens with zero attached hydrogens (tertiary/aromatic N) is 1. The van der Waals surface area contributed by atoms with Crippen LogP contribution in [0.25, 0.3) is 22.6 Å². The third-order valence-electron chi connectivity index (χ3n) is 3.40. The fourth-order valence-corrected chi connectivity index (χ4v) is 2.28. The molecule has 3 aromatic rings. The Bertz CT molecular complexity index is 814. The van der Waals surface area contributed by atoms with E-state index in [9.17, 15) is 5.26 Å². The van der Waals surface area contributed by atoms with Gasteiger partial charge in [0.15, 0.2) is 0 Å². The molecule has 2 heteroatoms. The van der Waals surface area contributed by atoms with Crippen LogP contribution >= 0.6 is 0 Å². The lowest BCUT2D eigenvalue weighted by molar-refractivity contribution is 1.45. The minimum Gasteiger partial charge on any atom is -0.361 e. The molecule has 0 saturated heterocycles. The third kappa shape index (κ3) is 2.22. The number of nitriles is 1. The highest BCUT2D eigenvalue weighted by atomic mass is 14.7. The number of fused-ring (bicyclic) bond motifs is 1. The van der Waals surface area contributed by atoms with Crippen LogP contribution in [0.4, 0.5) is 0 Å². The first-order chi connectivity index (χ1) is 9.78. The number of rotatable bonds is 2. The van der Waals surface area contributed by atoms with Gasteiger partial charge in [-0.05, 0) is 24.6 Å². The molecule has 1 heterocycles. The summed E-state index contributed by atoms with van der Waals surface area (Å²) in [5, 5.41) is 10.5. The Morgan fingerprint density at radius 3 is 2.60 bits per heavy atom. The van der Waals surface area contributed by atoms with Crippen molar-refractivity contribution >= 4 is 22.6 Å². The summed E-state index contributed by atoms with van der Waals surface area (Å²) in [4.78, 5) is 3.22. The van der Waals surface area contributed by atoms with Crippen molar-refractivity contribution in [1.29, 1.82) is 5.26 Å². The van der Waals surface area contributed by atoms with Gasteiger partial charge in [-0.25, -0.2) is 0 Å². The molecule has 0 radical (unpaired) electrons. The maximum absolute atomic E-state index is 9.39. The third-order valence-corrected chi connectivity index (χ3v) is 3.40. The van der Waals surface area contributed by atoms with Crippen molar-refractivity contribution < 1.29 is 0 Å². The molecule has 0 aliphatic rings. The first-order valence-corrected chi connectivity index (χ1v) is 6.53. The Morgan fingerprint density at radius 1 is 1.10 bits per heavy atom. The molecule has 1 aromatic heterocycles. The van der Waals surface area contributed by atoms with Crippen molar-refractivity contribution in [3.8, 4) is 6.07 Å². The van der Waals surface area contributed by atoms with Crippen LogP contribution in [0, 0.1) is 18.3 Å². The van der Waals surface area contributed by atoms with Gasteiger partial charge in [0.2, 0.25) is 0 Å².